The molecule has 0 aliphatic heterocycles. The van der Waals surface area contributed by atoms with Crippen LogP contribution >= 0.6 is 0 Å². The van der Waals surface area contributed by atoms with Crippen LogP contribution in [0.2, 0.25) is 0 Å². The quantitative estimate of drug-likeness (QED) is 0.800. The zero-order chi connectivity index (χ0) is 15.9. The molecule has 0 unspecified atom stereocenters. The first kappa shape index (κ1) is 16.2. The van der Waals surface area contributed by atoms with Crippen molar-refractivity contribution in [3.8, 4) is 0 Å². The average Bonchev–Trinajstić information content (AvgIpc) is 2.94. The third kappa shape index (κ3) is 4.14. The highest BCUT2D eigenvalue weighted by atomic mass is 19.1. The van der Waals surface area contributed by atoms with E-state index in [1.54, 1.807) is 29.2 Å². The summed E-state index contributed by atoms with van der Waals surface area (Å²) in [7, 11) is 0. The lowest BCUT2D eigenvalue weighted by Crippen LogP contribution is -2.34. The third-order valence-electron chi connectivity index (χ3n) is 3.24. The normalized spacial score (nSPS) is 10.7. The number of carbonyl (C=O) groups is 1. The number of aromatic amines is 1. The smallest absolute Gasteiger partial charge is 0.274 e. The minimum Gasteiger partial charge on any atom is -0.380 e. The average molecular weight is 305 g/mol. The minimum absolute atomic E-state index is 0.185. The molecule has 0 atom stereocenters. The molecule has 1 heterocycles. The molecular weight excluding hydrogens is 285 g/mol. The first-order valence-corrected chi connectivity index (χ1v) is 7.24. The van der Waals surface area contributed by atoms with Gasteiger partial charge in [-0.2, -0.15) is 5.10 Å². The van der Waals surface area contributed by atoms with Crippen molar-refractivity contribution in [2.45, 2.75) is 20.4 Å². The van der Waals surface area contributed by atoms with Gasteiger partial charge in [0, 0.05) is 31.0 Å². The first-order chi connectivity index (χ1) is 10.6. The molecule has 0 aliphatic carbocycles. The lowest BCUT2D eigenvalue weighted by Gasteiger charge is -2.22. The molecule has 0 spiro atoms. The molecule has 0 bridgehead atoms. The van der Waals surface area contributed by atoms with Gasteiger partial charge in [-0.05, 0) is 26.0 Å². The van der Waals surface area contributed by atoms with Crippen LogP contribution in [0, 0.1) is 12.7 Å². The number of benzene rings is 1. The monoisotopic (exact) mass is 305 g/mol. The van der Waals surface area contributed by atoms with Crippen molar-refractivity contribution < 1.29 is 13.9 Å². The van der Waals surface area contributed by atoms with Crippen molar-refractivity contribution in [2.24, 2.45) is 0 Å². The maximum atomic E-state index is 13.8. The molecule has 1 N–H and O–H groups in total. The first-order valence-electron chi connectivity index (χ1n) is 7.24. The molecule has 0 saturated carbocycles. The van der Waals surface area contributed by atoms with E-state index in [0.717, 1.165) is 5.69 Å². The Kier molecular flexibility index (Phi) is 5.66. The van der Waals surface area contributed by atoms with E-state index in [-0.39, 0.29) is 18.3 Å². The van der Waals surface area contributed by atoms with Gasteiger partial charge in [-0.3, -0.25) is 9.89 Å². The van der Waals surface area contributed by atoms with Crippen LogP contribution in [0.3, 0.4) is 0 Å². The van der Waals surface area contributed by atoms with Crippen LogP contribution in [-0.4, -0.2) is 40.8 Å². The highest BCUT2D eigenvalue weighted by Gasteiger charge is 2.19. The molecule has 2 rings (SSSR count). The number of H-pyrrole nitrogens is 1. The standard InChI is InChI=1S/C16H20FN3O2/c1-3-22-9-8-20(11-13-6-4-5-7-14(13)17)16(21)15-10-12(2)18-19-15/h4-7,10H,3,8-9,11H2,1-2H3,(H,18,19). The van der Waals surface area contributed by atoms with Gasteiger partial charge in [0.05, 0.1) is 6.61 Å². The second kappa shape index (κ2) is 7.70. The number of hydrogen-bond acceptors (Lipinski definition) is 3. The molecule has 1 aromatic carbocycles. The van der Waals surface area contributed by atoms with Crippen molar-refractivity contribution in [2.75, 3.05) is 19.8 Å². The Morgan fingerprint density at radius 3 is 2.82 bits per heavy atom. The SMILES string of the molecule is CCOCCN(Cc1ccccc1F)C(=O)c1cc(C)[nH]n1. The number of aromatic nitrogens is 2. The van der Waals surface area contributed by atoms with Gasteiger partial charge in [0.2, 0.25) is 0 Å². The van der Waals surface area contributed by atoms with E-state index in [9.17, 15) is 9.18 Å². The summed E-state index contributed by atoms with van der Waals surface area (Å²) in [6.45, 7) is 5.26. The molecule has 0 saturated heterocycles. The van der Waals surface area contributed by atoms with E-state index < -0.39 is 0 Å². The largest absolute Gasteiger partial charge is 0.380 e. The summed E-state index contributed by atoms with van der Waals surface area (Å²) in [5, 5.41) is 6.72. The predicted molar refractivity (Wildman–Crippen MR) is 81.0 cm³/mol. The Morgan fingerprint density at radius 1 is 1.41 bits per heavy atom. The number of ether oxygens (including phenoxy) is 1. The summed E-state index contributed by atoms with van der Waals surface area (Å²) in [6, 6.07) is 8.12. The fraction of sp³-hybridized carbons (Fsp3) is 0.375. The van der Waals surface area contributed by atoms with Gasteiger partial charge >= 0.3 is 0 Å². The molecular formula is C16H20FN3O2. The summed E-state index contributed by atoms with van der Waals surface area (Å²) in [6.07, 6.45) is 0. The van der Waals surface area contributed by atoms with Crippen LogP contribution in [0.25, 0.3) is 0 Å². The fourth-order valence-corrected chi connectivity index (χ4v) is 2.09. The van der Waals surface area contributed by atoms with Crippen LogP contribution in [0.4, 0.5) is 4.39 Å². The van der Waals surface area contributed by atoms with Crippen LogP contribution in [0.1, 0.15) is 28.7 Å². The number of rotatable bonds is 7. The van der Waals surface area contributed by atoms with Gasteiger partial charge in [0.1, 0.15) is 11.5 Å². The summed E-state index contributed by atoms with van der Waals surface area (Å²) in [4.78, 5) is 14.1. The zero-order valence-corrected chi connectivity index (χ0v) is 12.8. The van der Waals surface area contributed by atoms with Crippen molar-refractivity contribution >= 4 is 5.91 Å². The van der Waals surface area contributed by atoms with Crippen molar-refractivity contribution in [1.29, 1.82) is 0 Å². The van der Waals surface area contributed by atoms with Gasteiger partial charge in [-0.1, -0.05) is 18.2 Å². The van der Waals surface area contributed by atoms with E-state index in [2.05, 4.69) is 10.2 Å². The Morgan fingerprint density at radius 2 is 2.18 bits per heavy atom. The summed E-state index contributed by atoms with van der Waals surface area (Å²) < 4.78 is 19.1. The number of nitrogens with one attached hydrogen (secondary N) is 1. The highest BCUT2D eigenvalue weighted by Crippen LogP contribution is 2.12. The van der Waals surface area contributed by atoms with E-state index >= 15 is 0 Å². The second-order valence-electron chi connectivity index (χ2n) is 4.95. The molecule has 5 nitrogen and oxygen atoms in total. The molecule has 0 radical (unpaired) electrons. The van der Waals surface area contributed by atoms with Crippen LogP contribution in [0.5, 0.6) is 0 Å². The van der Waals surface area contributed by atoms with Crippen LogP contribution in [-0.2, 0) is 11.3 Å². The maximum Gasteiger partial charge on any atom is 0.274 e. The molecule has 6 heteroatoms. The summed E-state index contributed by atoms with van der Waals surface area (Å²) in [5.74, 6) is -0.567. The number of carbonyl (C=O) groups excluding carboxylic acids is 1. The highest BCUT2D eigenvalue weighted by molar-refractivity contribution is 5.92. The van der Waals surface area contributed by atoms with E-state index in [1.807, 2.05) is 13.8 Å². The third-order valence-corrected chi connectivity index (χ3v) is 3.24. The van der Waals surface area contributed by atoms with Gasteiger partial charge in [0.25, 0.3) is 5.91 Å². The summed E-state index contributed by atoms with van der Waals surface area (Å²) in [5.41, 5.74) is 1.60. The van der Waals surface area contributed by atoms with Crippen LogP contribution in [0.15, 0.2) is 30.3 Å². The number of halogens is 1. The van der Waals surface area contributed by atoms with Gasteiger partial charge in [-0.25, -0.2) is 4.39 Å². The van der Waals surface area contributed by atoms with Crippen molar-refractivity contribution in [3.63, 3.8) is 0 Å². The lowest BCUT2D eigenvalue weighted by atomic mass is 10.2. The van der Waals surface area contributed by atoms with E-state index in [4.69, 9.17) is 4.74 Å². The zero-order valence-electron chi connectivity index (χ0n) is 12.8. The number of hydrogen-bond donors (Lipinski definition) is 1. The van der Waals surface area contributed by atoms with Gasteiger partial charge in [0.15, 0.2) is 0 Å². The van der Waals surface area contributed by atoms with E-state index in [0.29, 0.717) is 31.0 Å². The Hall–Kier alpha value is -2.21. The maximum absolute atomic E-state index is 13.8. The number of nitrogens with zero attached hydrogens (tertiary/aromatic N) is 2. The fourth-order valence-electron chi connectivity index (χ4n) is 2.09. The molecule has 1 amide bonds. The second-order valence-corrected chi connectivity index (χ2v) is 4.95. The Bertz CT molecular complexity index is 627. The van der Waals surface area contributed by atoms with Gasteiger partial charge < -0.3 is 9.64 Å². The molecule has 22 heavy (non-hydrogen) atoms. The Balaban J connectivity index is 2.15. The number of aryl methyl sites for hydroxylation is 1. The predicted octanol–water partition coefficient (Wildman–Crippen LogP) is 2.54. The topological polar surface area (TPSA) is 58.2 Å². The van der Waals surface area contributed by atoms with E-state index in [1.165, 1.54) is 6.07 Å². The van der Waals surface area contributed by atoms with Crippen molar-refractivity contribution in [3.05, 3.63) is 53.1 Å². The molecule has 1 aromatic heterocycles. The Labute approximate surface area is 129 Å². The molecule has 0 fully saturated rings. The molecule has 2 aromatic rings. The number of amides is 1. The molecule has 0 aliphatic rings. The van der Waals surface area contributed by atoms with Crippen molar-refractivity contribution in [1.82, 2.24) is 15.1 Å². The minimum atomic E-state index is -0.324. The lowest BCUT2D eigenvalue weighted by molar-refractivity contribution is 0.0634. The van der Waals surface area contributed by atoms with Crippen LogP contribution < -0.4 is 0 Å². The summed E-state index contributed by atoms with van der Waals surface area (Å²) >= 11 is 0. The molecule has 118 valence electrons. The van der Waals surface area contributed by atoms with Gasteiger partial charge in [-0.15, -0.1) is 0 Å².